The largest absolute Gasteiger partial charge is 0.273 e. The smallest absolute Gasteiger partial charge is 0.272 e. The quantitative estimate of drug-likeness (QED) is 0.176. The van der Waals surface area contributed by atoms with Gasteiger partial charge < -0.3 is 0 Å². The Labute approximate surface area is 239 Å². The molecule has 1 fully saturated rings. The van der Waals surface area contributed by atoms with E-state index in [1.165, 1.54) is 24.3 Å². The summed E-state index contributed by atoms with van der Waals surface area (Å²) >= 11 is 6.45. The molecule has 0 radical (unpaired) electrons. The van der Waals surface area contributed by atoms with Crippen molar-refractivity contribution in [2.45, 2.75) is 18.4 Å². The minimum Gasteiger partial charge on any atom is -0.272 e. The van der Waals surface area contributed by atoms with E-state index in [9.17, 15) is 24.5 Å². The van der Waals surface area contributed by atoms with E-state index < -0.39 is 34.5 Å². The van der Waals surface area contributed by atoms with Crippen LogP contribution in [0.5, 0.6) is 0 Å². The highest BCUT2D eigenvalue weighted by Crippen LogP contribution is 2.61. The van der Waals surface area contributed by atoms with Crippen molar-refractivity contribution >= 4 is 35.0 Å². The zero-order chi connectivity index (χ0) is 28.4. The maximum atomic E-state index is 14.3. The van der Waals surface area contributed by atoms with Crippen molar-refractivity contribution in [2.75, 3.05) is 0 Å². The maximum Gasteiger partial charge on any atom is 0.273 e. The van der Waals surface area contributed by atoms with Crippen LogP contribution in [0.15, 0.2) is 97.1 Å². The van der Waals surface area contributed by atoms with Crippen LogP contribution >= 0.6 is 11.6 Å². The summed E-state index contributed by atoms with van der Waals surface area (Å²) in [5.74, 6) is -3.51. The van der Waals surface area contributed by atoms with E-state index in [1.54, 1.807) is 24.3 Å². The van der Waals surface area contributed by atoms with Gasteiger partial charge in [0.05, 0.1) is 23.3 Å². The van der Waals surface area contributed by atoms with E-state index in [4.69, 9.17) is 11.6 Å². The third-order valence-electron chi connectivity index (χ3n) is 8.50. The van der Waals surface area contributed by atoms with Crippen molar-refractivity contribution < 1.29 is 19.3 Å². The predicted octanol–water partition coefficient (Wildman–Crippen LogP) is 5.70. The van der Waals surface area contributed by atoms with Crippen LogP contribution < -0.4 is 0 Å². The Morgan fingerprint density at radius 3 is 1.68 bits per heavy atom. The second-order valence-electron chi connectivity index (χ2n) is 10.5. The molecule has 4 aromatic carbocycles. The number of nitro benzene ring substituents is 1. The van der Waals surface area contributed by atoms with Crippen LogP contribution in [0.2, 0.25) is 5.02 Å². The third kappa shape index (κ3) is 3.71. The highest BCUT2D eigenvalue weighted by atomic mass is 35.5. The second kappa shape index (κ2) is 9.38. The number of non-ortho nitro benzene ring substituents is 1. The van der Waals surface area contributed by atoms with Crippen LogP contribution in [0, 0.1) is 22.0 Å². The van der Waals surface area contributed by atoms with Gasteiger partial charge in [-0.3, -0.25) is 24.5 Å². The number of halogens is 1. The van der Waals surface area contributed by atoms with Gasteiger partial charge in [-0.15, -0.1) is 0 Å². The molecule has 0 N–H and O–H groups in total. The number of hydrogen-bond donors (Lipinski definition) is 0. The fourth-order valence-corrected chi connectivity index (χ4v) is 6.99. The fraction of sp³-hybridized carbons (Fsp3) is 0.156. The molecule has 0 saturated carbocycles. The first-order chi connectivity index (χ1) is 19.9. The fourth-order valence-electron chi connectivity index (χ4n) is 6.80. The van der Waals surface area contributed by atoms with Crippen LogP contribution in [0.1, 0.15) is 50.0 Å². The Balaban J connectivity index is 1.34. The molecule has 2 atom stereocenters. The molecule has 1 aliphatic heterocycles. The number of hydrazine groups is 1. The van der Waals surface area contributed by atoms with Crippen LogP contribution in [0.25, 0.3) is 0 Å². The van der Waals surface area contributed by atoms with E-state index in [-0.39, 0.29) is 29.6 Å². The van der Waals surface area contributed by atoms with Crippen LogP contribution in [-0.2, 0) is 16.1 Å². The number of benzene rings is 4. The molecule has 202 valence electrons. The molecule has 9 heteroatoms. The van der Waals surface area contributed by atoms with E-state index >= 15 is 0 Å². The van der Waals surface area contributed by atoms with E-state index in [1.807, 2.05) is 48.5 Å². The summed E-state index contributed by atoms with van der Waals surface area (Å²) in [7, 11) is 0. The van der Waals surface area contributed by atoms with Crippen LogP contribution in [0.4, 0.5) is 5.69 Å². The molecule has 0 unspecified atom stereocenters. The van der Waals surface area contributed by atoms with E-state index in [0.29, 0.717) is 10.6 Å². The lowest BCUT2D eigenvalue weighted by Crippen LogP contribution is -2.50. The zero-order valence-electron chi connectivity index (χ0n) is 21.5. The van der Waals surface area contributed by atoms with Gasteiger partial charge in [-0.25, -0.2) is 5.01 Å². The molecule has 8 rings (SSSR count). The zero-order valence-corrected chi connectivity index (χ0v) is 22.3. The van der Waals surface area contributed by atoms with Crippen LogP contribution in [-0.4, -0.2) is 32.7 Å². The van der Waals surface area contributed by atoms with Crippen molar-refractivity contribution in [3.8, 4) is 0 Å². The molecular formula is C32H22ClN3O5. The first-order valence-corrected chi connectivity index (χ1v) is 13.6. The number of amides is 3. The van der Waals surface area contributed by atoms with Gasteiger partial charge in [0.15, 0.2) is 0 Å². The van der Waals surface area contributed by atoms with E-state index in [2.05, 4.69) is 0 Å². The Morgan fingerprint density at radius 1 is 0.756 bits per heavy atom. The number of imide groups is 1. The van der Waals surface area contributed by atoms with Gasteiger partial charge >= 0.3 is 0 Å². The summed E-state index contributed by atoms with van der Waals surface area (Å²) in [5, 5.41) is 13.7. The number of nitrogens with zero attached hydrogens (tertiary/aromatic N) is 3. The SMILES string of the molecule is O=C(c1ccc([N+](=O)[O-])cc1)N(Cc1ccccc1Cl)N1C(=O)[C@H]2C3c4ccccc4C(c4ccccc43)[C@@H]2C1=O. The molecule has 0 spiro atoms. The van der Waals surface area contributed by atoms with Gasteiger partial charge in [0.2, 0.25) is 0 Å². The molecular weight excluding hydrogens is 542 g/mol. The van der Waals surface area contributed by atoms with Crippen molar-refractivity contribution in [2.24, 2.45) is 11.8 Å². The van der Waals surface area contributed by atoms with Crippen LogP contribution in [0.3, 0.4) is 0 Å². The van der Waals surface area contributed by atoms with Gasteiger partial charge in [-0.1, -0.05) is 78.3 Å². The number of hydrogen-bond acceptors (Lipinski definition) is 5. The Morgan fingerprint density at radius 2 is 1.22 bits per heavy atom. The second-order valence-corrected chi connectivity index (χ2v) is 10.9. The summed E-state index contributed by atoms with van der Waals surface area (Å²) in [6, 6.07) is 27.9. The molecule has 1 heterocycles. The molecule has 3 amide bonds. The first kappa shape index (κ1) is 25.2. The molecule has 4 aliphatic rings. The number of rotatable bonds is 5. The average Bonchev–Trinajstić information content (AvgIpc) is 3.26. The van der Waals surface area contributed by atoms with Gasteiger partial charge in [0, 0.05) is 34.6 Å². The standard InChI is InChI=1S/C32H22ClN3O5/c33-25-12-6-1-7-19(25)17-34(30(37)18-13-15-20(16-14-18)36(40)41)35-31(38)28-26-21-8-2-3-9-22(21)27(29(28)32(35)39)24-11-5-4-10-23(24)26/h1-16,26-29H,17H2/t26?,27?,28-,29-/m0/s1. The molecule has 41 heavy (non-hydrogen) atoms. The molecule has 0 aromatic heterocycles. The Hall–Kier alpha value is -4.82. The van der Waals surface area contributed by atoms with Crippen molar-refractivity contribution in [1.29, 1.82) is 0 Å². The summed E-state index contributed by atoms with van der Waals surface area (Å²) in [6.45, 7) is -0.137. The molecule has 2 bridgehead atoms. The maximum absolute atomic E-state index is 14.3. The molecule has 4 aromatic rings. The van der Waals surface area contributed by atoms with Crippen molar-refractivity contribution in [3.05, 3.63) is 146 Å². The molecule has 8 nitrogen and oxygen atoms in total. The topological polar surface area (TPSA) is 101 Å². The lowest BCUT2D eigenvalue weighted by Gasteiger charge is -2.45. The van der Waals surface area contributed by atoms with Gasteiger partial charge in [-0.2, -0.15) is 5.01 Å². The average molecular weight is 564 g/mol. The number of carbonyl (C=O) groups is 3. The predicted molar refractivity (Wildman–Crippen MR) is 150 cm³/mol. The minimum atomic E-state index is -0.671. The summed E-state index contributed by atoms with van der Waals surface area (Å²) in [6.07, 6.45) is 0. The van der Waals surface area contributed by atoms with Gasteiger partial charge in [0.1, 0.15) is 0 Å². The highest BCUT2D eigenvalue weighted by Gasteiger charge is 2.63. The third-order valence-corrected chi connectivity index (χ3v) is 8.87. The number of carbonyl (C=O) groups excluding carboxylic acids is 3. The van der Waals surface area contributed by atoms with Crippen molar-refractivity contribution in [1.82, 2.24) is 10.0 Å². The normalized spacial score (nSPS) is 21.7. The Bertz CT molecular complexity index is 1660. The van der Waals surface area contributed by atoms with Gasteiger partial charge in [0.25, 0.3) is 23.4 Å². The first-order valence-electron chi connectivity index (χ1n) is 13.2. The summed E-state index contributed by atoms with van der Waals surface area (Å²) < 4.78 is 0. The highest BCUT2D eigenvalue weighted by molar-refractivity contribution is 6.31. The lowest BCUT2D eigenvalue weighted by molar-refractivity contribution is -0.384. The van der Waals surface area contributed by atoms with Crippen molar-refractivity contribution in [3.63, 3.8) is 0 Å². The molecule has 3 aliphatic carbocycles. The summed E-state index contributed by atoms with van der Waals surface area (Å²) in [4.78, 5) is 53.3. The minimum absolute atomic E-state index is 0.104. The number of nitro groups is 1. The molecule has 1 saturated heterocycles. The summed E-state index contributed by atoms with van der Waals surface area (Å²) in [5.41, 5.74) is 4.59. The Kier molecular flexibility index (Phi) is 5.76. The van der Waals surface area contributed by atoms with Gasteiger partial charge in [-0.05, 0) is 46.0 Å². The lowest BCUT2D eigenvalue weighted by atomic mass is 9.55. The monoisotopic (exact) mass is 563 g/mol. The van der Waals surface area contributed by atoms with E-state index in [0.717, 1.165) is 32.3 Å².